The SMILES string of the molecule is C=CCN1C(=O)N/C(=C/c2ccc(O[C@H](C)CC)c(Br)c2)C1=O. The van der Waals surface area contributed by atoms with Gasteiger partial charge in [0.25, 0.3) is 5.91 Å². The summed E-state index contributed by atoms with van der Waals surface area (Å²) in [6.07, 6.45) is 4.19. The van der Waals surface area contributed by atoms with Gasteiger partial charge in [0.2, 0.25) is 0 Å². The van der Waals surface area contributed by atoms with Crippen LogP contribution in [0.1, 0.15) is 25.8 Å². The molecule has 0 saturated carbocycles. The van der Waals surface area contributed by atoms with E-state index in [0.29, 0.717) is 0 Å². The summed E-state index contributed by atoms with van der Waals surface area (Å²) in [7, 11) is 0. The summed E-state index contributed by atoms with van der Waals surface area (Å²) in [5, 5.41) is 2.57. The molecular weight excluding hydrogens is 360 g/mol. The Morgan fingerprint density at radius 1 is 1.43 bits per heavy atom. The van der Waals surface area contributed by atoms with Gasteiger partial charge in [-0.2, -0.15) is 0 Å². The van der Waals surface area contributed by atoms with E-state index in [0.717, 1.165) is 27.1 Å². The van der Waals surface area contributed by atoms with Gasteiger partial charge in [-0.1, -0.05) is 19.1 Å². The van der Waals surface area contributed by atoms with Gasteiger partial charge in [-0.25, -0.2) is 4.79 Å². The number of amides is 3. The zero-order valence-electron chi connectivity index (χ0n) is 13.1. The Hall–Kier alpha value is -2.08. The maximum atomic E-state index is 12.1. The number of rotatable bonds is 6. The molecule has 23 heavy (non-hydrogen) atoms. The molecule has 1 aromatic carbocycles. The summed E-state index contributed by atoms with van der Waals surface area (Å²) in [4.78, 5) is 25.0. The Labute approximate surface area is 144 Å². The van der Waals surface area contributed by atoms with E-state index in [4.69, 9.17) is 4.74 Å². The van der Waals surface area contributed by atoms with E-state index in [1.54, 1.807) is 6.08 Å². The number of ether oxygens (including phenoxy) is 1. The number of imide groups is 1. The minimum Gasteiger partial charge on any atom is -0.490 e. The smallest absolute Gasteiger partial charge is 0.329 e. The van der Waals surface area contributed by atoms with Crippen LogP contribution in [0.2, 0.25) is 0 Å². The van der Waals surface area contributed by atoms with Crippen molar-refractivity contribution in [1.29, 1.82) is 0 Å². The van der Waals surface area contributed by atoms with E-state index in [2.05, 4.69) is 34.7 Å². The Morgan fingerprint density at radius 2 is 2.17 bits per heavy atom. The molecule has 0 aromatic heterocycles. The predicted octanol–water partition coefficient (Wildman–Crippen LogP) is 3.71. The van der Waals surface area contributed by atoms with Crippen LogP contribution in [0.3, 0.4) is 0 Å². The van der Waals surface area contributed by atoms with Crippen LogP contribution in [0.4, 0.5) is 4.79 Å². The Morgan fingerprint density at radius 3 is 2.78 bits per heavy atom. The highest BCUT2D eigenvalue weighted by Crippen LogP contribution is 2.28. The predicted molar refractivity (Wildman–Crippen MR) is 92.9 cm³/mol. The molecule has 6 heteroatoms. The van der Waals surface area contributed by atoms with Gasteiger partial charge >= 0.3 is 6.03 Å². The first-order chi connectivity index (χ1) is 11.0. The van der Waals surface area contributed by atoms with E-state index in [9.17, 15) is 9.59 Å². The number of nitrogens with zero attached hydrogens (tertiary/aromatic N) is 1. The molecule has 1 saturated heterocycles. The molecule has 5 nitrogen and oxygen atoms in total. The third-order valence-electron chi connectivity index (χ3n) is 3.44. The van der Waals surface area contributed by atoms with Crippen molar-refractivity contribution in [3.63, 3.8) is 0 Å². The number of nitrogens with one attached hydrogen (secondary N) is 1. The largest absolute Gasteiger partial charge is 0.490 e. The van der Waals surface area contributed by atoms with Gasteiger partial charge in [0, 0.05) is 6.54 Å². The van der Waals surface area contributed by atoms with Crippen LogP contribution >= 0.6 is 15.9 Å². The molecule has 0 spiro atoms. The lowest BCUT2D eigenvalue weighted by Gasteiger charge is -2.14. The van der Waals surface area contributed by atoms with E-state index < -0.39 is 6.03 Å². The normalized spacial score (nSPS) is 17.3. The van der Waals surface area contributed by atoms with Crippen molar-refractivity contribution in [2.45, 2.75) is 26.4 Å². The van der Waals surface area contributed by atoms with Gasteiger partial charge in [-0.05, 0) is 53.0 Å². The minimum atomic E-state index is -0.433. The highest BCUT2D eigenvalue weighted by atomic mass is 79.9. The second kappa shape index (κ2) is 7.46. The number of hydrogen-bond acceptors (Lipinski definition) is 3. The first-order valence-corrected chi connectivity index (χ1v) is 8.17. The molecule has 1 aliphatic heterocycles. The van der Waals surface area contributed by atoms with Crippen molar-refractivity contribution in [2.75, 3.05) is 6.54 Å². The molecule has 1 heterocycles. The summed E-state index contributed by atoms with van der Waals surface area (Å²) in [6.45, 7) is 7.79. The van der Waals surface area contributed by atoms with Crippen molar-refractivity contribution in [3.8, 4) is 5.75 Å². The summed E-state index contributed by atoms with van der Waals surface area (Å²) in [6, 6.07) is 5.09. The molecule has 2 rings (SSSR count). The Balaban J connectivity index is 2.20. The molecule has 1 atom stereocenters. The van der Waals surface area contributed by atoms with Gasteiger partial charge in [-0.15, -0.1) is 6.58 Å². The molecule has 1 N–H and O–H groups in total. The van der Waals surface area contributed by atoms with E-state index in [-0.39, 0.29) is 24.3 Å². The van der Waals surface area contributed by atoms with Crippen LogP contribution in [-0.2, 0) is 4.79 Å². The van der Waals surface area contributed by atoms with Crippen LogP contribution in [0, 0.1) is 0 Å². The van der Waals surface area contributed by atoms with Gasteiger partial charge < -0.3 is 10.1 Å². The lowest BCUT2D eigenvalue weighted by atomic mass is 10.2. The van der Waals surface area contributed by atoms with Crippen molar-refractivity contribution in [1.82, 2.24) is 10.2 Å². The van der Waals surface area contributed by atoms with Crippen LogP contribution in [0.25, 0.3) is 6.08 Å². The zero-order chi connectivity index (χ0) is 17.0. The molecular formula is C17H19BrN2O3. The Bertz CT molecular complexity index is 670. The van der Waals surface area contributed by atoms with Crippen LogP contribution in [0.15, 0.2) is 41.0 Å². The fourth-order valence-electron chi connectivity index (χ4n) is 2.04. The number of halogens is 1. The molecule has 0 radical (unpaired) electrons. The quantitative estimate of drug-likeness (QED) is 0.466. The van der Waals surface area contributed by atoms with Crippen molar-refractivity contribution in [3.05, 3.63) is 46.6 Å². The molecule has 122 valence electrons. The highest BCUT2D eigenvalue weighted by Gasteiger charge is 2.32. The Kier molecular flexibility index (Phi) is 5.60. The maximum Gasteiger partial charge on any atom is 0.329 e. The van der Waals surface area contributed by atoms with Gasteiger partial charge in [0.15, 0.2) is 0 Å². The van der Waals surface area contributed by atoms with Crippen LogP contribution in [-0.4, -0.2) is 29.5 Å². The van der Waals surface area contributed by atoms with E-state index in [1.165, 1.54) is 6.08 Å². The van der Waals surface area contributed by atoms with Crippen LogP contribution in [0.5, 0.6) is 5.75 Å². The molecule has 0 bridgehead atoms. The molecule has 3 amide bonds. The van der Waals surface area contributed by atoms with Crippen molar-refractivity contribution in [2.24, 2.45) is 0 Å². The first kappa shape index (κ1) is 17.3. The van der Waals surface area contributed by atoms with Crippen molar-refractivity contribution >= 4 is 33.9 Å². The first-order valence-electron chi connectivity index (χ1n) is 7.38. The standard InChI is InChI=1S/C17H19BrN2O3/c1-4-8-20-16(21)14(19-17(20)22)10-12-6-7-15(13(18)9-12)23-11(3)5-2/h4,6-7,9-11H,1,5,8H2,2-3H3,(H,19,22)/b14-10+/t11-/m1/s1. The monoisotopic (exact) mass is 378 g/mol. The number of hydrogen-bond donors (Lipinski definition) is 1. The zero-order valence-corrected chi connectivity index (χ0v) is 14.7. The third-order valence-corrected chi connectivity index (χ3v) is 4.06. The average Bonchev–Trinajstić information content (AvgIpc) is 2.78. The molecule has 1 aromatic rings. The van der Waals surface area contributed by atoms with Crippen molar-refractivity contribution < 1.29 is 14.3 Å². The number of carbonyl (C=O) groups is 2. The summed E-state index contributed by atoms with van der Waals surface area (Å²) in [5.74, 6) is 0.391. The van der Waals surface area contributed by atoms with Gasteiger partial charge in [0.05, 0.1) is 10.6 Å². The summed E-state index contributed by atoms with van der Waals surface area (Å²) < 4.78 is 6.58. The number of carbonyl (C=O) groups excluding carboxylic acids is 2. The van der Waals surface area contributed by atoms with Gasteiger partial charge in [-0.3, -0.25) is 9.69 Å². The third kappa shape index (κ3) is 4.01. The van der Waals surface area contributed by atoms with E-state index >= 15 is 0 Å². The lowest BCUT2D eigenvalue weighted by molar-refractivity contribution is -0.122. The second-order valence-corrected chi connectivity index (χ2v) is 6.07. The topological polar surface area (TPSA) is 58.6 Å². The molecule has 0 aliphatic carbocycles. The van der Waals surface area contributed by atoms with E-state index in [1.807, 2.05) is 25.1 Å². The van der Waals surface area contributed by atoms with Gasteiger partial charge in [0.1, 0.15) is 11.4 Å². The molecule has 1 fully saturated rings. The lowest BCUT2D eigenvalue weighted by Crippen LogP contribution is -2.30. The fraction of sp³-hybridized carbons (Fsp3) is 0.294. The van der Waals surface area contributed by atoms with Crippen LogP contribution < -0.4 is 10.1 Å². The average molecular weight is 379 g/mol. The minimum absolute atomic E-state index is 0.124. The maximum absolute atomic E-state index is 12.1. The fourth-order valence-corrected chi connectivity index (χ4v) is 2.53. The second-order valence-electron chi connectivity index (χ2n) is 5.22. The highest BCUT2D eigenvalue weighted by molar-refractivity contribution is 9.10. The molecule has 1 aliphatic rings. The summed E-state index contributed by atoms with van der Waals surface area (Å²) in [5.41, 5.74) is 1.04. The number of benzene rings is 1. The number of urea groups is 1. The summed E-state index contributed by atoms with van der Waals surface area (Å²) >= 11 is 3.47. The molecule has 0 unspecified atom stereocenters.